The van der Waals surface area contributed by atoms with Crippen molar-refractivity contribution in [2.75, 3.05) is 5.73 Å². The van der Waals surface area contributed by atoms with Gasteiger partial charge in [-0.3, -0.25) is 4.68 Å². The summed E-state index contributed by atoms with van der Waals surface area (Å²) in [6, 6.07) is 20.2. The number of nitrogens with two attached hydrogens (primary N) is 1. The van der Waals surface area contributed by atoms with Gasteiger partial charge in [-0.15, -0.1) is 0 Å². The van der Waals surface area contributed by atoms with E-state index in [4.69, 9.17) is 15.4 Å². The topological polar surface area (TPSA) is 82.8 Å². The molecule has 6 nitrogen and oxygen atoms in total. The van der Waals surface area contributed by atoms with Gasteiger partial charge in [-0.2, -0.15) is 5.10 Å². The fourth-order valence-electron chi connectivity index (χ4n) is 4.18. The first-order valence-corrected chi connectivity index (χ1v) is 10.8. The number of para-hydroxylation sites is 1. The summed E-state index contributed by atoms with van der Waals surface area (Å²) in [6.45, 7) is 3.02. The smallest absolute Gasteiger partial charge is 0.167 e. The van der Waals surface area contributed by atoms with Crippen molar-refractivity contribution in [3.8, 4) is 11.3 Å². The molecule has 6 heteroatoms. The summed E-state index contributed by atoms with van der Waals surface area (Å²) in [5.74, 6) is 1.30. The molecule has 0 aliphatic rings. The highest BCUT2D eigenvalue weighted by atomic mass is 16.5. The van der Waals surface area contributed by atoms with Gasteiger partial charge in [0, 0.05) is 34.6 Å². The third-order valence-corrected chi connectivity index (χ3v) is 5.61. The Kier molecular flexibility index (Phi) is 5.12. The molecule has 0 saturated heterocycles. The highest BCUT2D eigenvalue weighted by Gasteiger charge is 2.17. The molecule has 5 rings (SSSR count). The lowest BCUT2D eigenvalue weighted by atomic mass is 10.0. The number of aromatic nitrogens is 4. The molecule has 0 saturated carbocycles. The Morgan fingerprint density at radius 3 is 2.65 bits per heavy atom. The Balaban J connectivity index is 1.43. The molecule has 0 unspecified atom stereocenters. The second-order valence-corrected chi connectivity index (χ2v) is 7.81. The molecule has 0 radical (unpaired) electrons. The Morgan fingerprint density at radius 2 is 1.81 bits per heavy atom. The number of hydrogen-bond donors (Lipinski definition) is 1. The van der Waals surface area contributed by atoms with Crippen LogP contribution in [0.4, 0.5) is 5.82 Å². The first kappa shape index (κ1) is 19.3. The highest BCUT2D eigenvalue weighted by Crippen LogP contribution is 2.31. The molecule has 0 amide bonds. The first-order chi connectivity index (χ1) is 15.2. The number of fused-ring (bicyclic) bond motifs is 3. The summed E-state index contributed by atoms with van der Waals surface area (Å²) in [6.07, 6.45) is 3.68. The minimum Gasteiger partial charge on any atom is -0.382 e. The van der Waals surface area contributed by atoms with Gasteiger partial charge in [-0.05, 0) is 31.7 Å². The van der Waals surface area contributed by atoms with Gasteiger partial charge in [0.2, 0.25) is 0 Å². The lowest BCUT2D eigenvalue weighted by Crippen LogP contribution is -2.05. The lowest BCUT2D eigenvalue weighted by molar-refractivity contribution is 0.422. The molecule has 0 atom stereocenters. The summed E-state index contributed by atoms with van der Waals surface area (Å²) in [4.78, 5) is 4.56. The number of pyridine rings is 1. The highest BCUT2D eigenvalue weighted by molar-refractivity contribution is 6.09. The van der Waals surface area contributed by atoms with Crippen molar-refractivity contribution in [3.05, 3.63) is 72.1 Å². The molecule has 31 heavy (non-hydrogen) atoms. The van der Waals surface area contributed by atoms with Gasteiger partial charge in [0.05, 0.1) is 11.2 Å². The van der Waals surface area contributed by atoms with Crippen LogP contribution in [0.5, 0.6) is 0 Å². The third kappa shape index (κ3) is 3.65. The molecule has 0 spiro atoms. The van der Waals surface area contributed by atoms with Gasteiger partial charge in [-0.25, -0.2) is 4.98 Å². The minimum absolute atomic E-state index is 0.494. The SMILES string of the molecule is CCCn1nc2c(N)nc3ccccc3c2c1CCCc1cc(-c2ccccc2)on1. The van der Waals surface area contributed by atoms with E-state index in [1.54, 1.807) is 0 Å². The van der Waals surface area contributed by atoms with Gasteiger partial charge in [-0.1, -0.05) is 60.6 Å². The van der Waals surface area contributed by atoms with Crippen molar-refractivity contribution >= 4 is 27.6 Å². The molecule has 156 valence electrons. The zero-order valence-electron chi connectivity index (χ0n) is 17.6. The third-order valence-electron chi connectivity index (χ3n) is 5.61. The summed E-state index contributed by atoms with van der Waals surface area (Å²) in [5.41, 5.74) is 11.2. The van der Waals surface area contributed by atoms with Crippen LogP contribution in [0.15, 0.2) is 65.2 Å². The normalized spacial score (nSPS) is 11.5. The van der Waals surface area contributed by atoms with E-state index >= 15 is 0 Å². The molecular weight excluding hydrogens is 386 g/mol. The minimum atomic E-state index is 0.494. The predicted octanol–water partition coefficient (Wildman–Crippen LogP) is 5.41. The molecule has 0 bridgehead atoms. The fourth-order valence-corrected chi connectivity index (χ4v) is 4.18. The largest absolute Gasteiger partial charge is 0.382 e. The van der Waals surface area contributed by atoms with Crippen molar-refractivity contribution in [2.24, 2.45) is 0 Å². The van der Waals surface area contributed by atoms with E-state index in [2.05, 4.69) is 27.8 Å². The van der Waals surface area contributed by atoms with E-state index in [-0.39, 0.29) is 0 Å². The Hall–Kier alpha value is -3.67. The van der Waals surface area contributed by atoms with E-state index < -0.39 is 0 Å². The average molecular weight is 412 g/mol. The van der Waals surface area contributed by atoms with E-state index in [0.29, 0.717) is 5.82 Å². The Morgan fingerprint density at radius 1 is 1.00 bits per heavy atom. The molecular formula is C25H25N5O. The molecule has 2 aromatic carbocycles. The van der Waals surface area contributed by atoms with Crippen LogP contribution in [0.2, 0.25) is 0 Å². The number of nitrogens with zero attached hydrogens (tertiary/aromatic N) is 4. The molecule has 0 aliphatic carbocycles. The van der Waals surface area contributed by atoms with Gasteiger partial charge in [0.15, 0.2) is 11.6 Å². The monoisotopic (exact) mass is 411 g/mol. The zero-order valence-corrected chi connectivity index (χ0v) is 17.6. The summed E-state index contributed by atoms with van der Waals surface area (Å²) in [7, 11) is 0. The summed E-state index contributed by atoms with van der Waals surface area (Å²) < 4.78 is 7.66. The number of anilines is 1. The van der Waals surface area contributed by atoms with Crippen LogP contribution in [0.3, 0.4) is 0 Å². The fraction of sp³-hybridized carbons (Fsp3) is 0.240. The first-order valence-electron chi connectivity index (χ1n) is 10.8. The maximum absolute atomic E-state index is 6.27. The van der Waals surface area contributed by atoms with Crippen molar-refractivity contribution < 1.29 is 4.52 Å². The second-order valence-electron chi connectivity index (χ2n) is 7.81. The van der Waals surface area contributed by atoms with Crippen molar-refractivity contribution in [3.63, 3.8) is 0 Å². The maximum atomic E-state index is 6.27. The molecule has 2 N–H and O–H groups in total. The van der Waals surface area contributed by atoms with Gasteiger partial charge in [0.25, 0.3) is 0 Å². The molecule has 3 aromatic heterocycles. The maximum Gasteiger partial charge on any atom is 0.167 e. The molecule has 5 aromatic rings. The quantitative estimate of drug-likeness (QED) is 0.387. The van der Waals surface area contributed by atoms with Crippen molar-refractivity contribution in [1.29, 1.82) is 0 Å². The second kappa shape index (κ2) is 8.22. The van der Waals surface area contributed by atoms with Crippen LogP contribution < -0.4 is 5.73 Å². The number of aryl methyl sites for hydroxylation is 3. The Labute approximate surface area is 180 Å². The molecule has 0 aliphatic heterocycles. The number of rotatable bonds is 7. The summed E-state index contributed by atoms with van der Waals surface area (Å²) in [5, 5.41) is 11.3. The number of nitrogen functional groups attached to an aromatic ring is 1. The van der Waals surface area contributed by atoms with Crippen LogP contribution in [0.1, 0.15) is 31.2 Å². The summed E-state index contributed by atoms with van der Waals surface area (Å²) >= 11 is 0. The van der Waals surface area contributed by atoms with E-state index in [1.807, 2.05) is 54.6 Å². The Bertz CT molecular complexity index is 1340. The van der Waals surface area contributed by atoms with Crippen LogP contribution >= 0.6 is 0 Å². The van der Waals surface area contributed by atoms with Gasteiger partial charge >= 0.3 is 0 Å². The van der Waals surface area contributed by atoms with E-state index in [1.165, 1.54) is 5.69 Å². The molecule has 0 fully saturated rings. The number of benzene rings is 2. The average Bonchev–Trinajstić information content (AvgIpc) is 3.41. The lowest BCUT2D eigenvalue weighted by Gasteiger charge is -2.07. The van der Waals surface area contributed by atoms with Crippen LogP contribution in [-0.2, 0) is 19.4 Å². The van der Waals surface area contributed by atoms with Crippen LogP contribution in [0.25, 0.3) is 33.1 Å². The zero-order chi connectivity index (χ0) is 21.2. The van der Waals surface area contributed by atoms with Gasteiger partial charge < -0.3 is 10.3 Å². The molecule has 3 heterocycles. The number of hydrogen-bond acceptors (Lipinski definition) is 5. The van der Waals surface area contributed by atoms with Crippen molar-refractivity contribution in [2.45, 2.75) is 39.2 Å². The predicted molar refractivity (Wildman–Crippen MR) is 124 cm³/mol. The van der Waals surface area contributed by atoms with Crippen molar-refractivity contribution in [1.82, 2.24) is 19.9 Å². The van der Waals surface area contributed by atoms with E-state index in [9.17, 15) is 0 Å². The van der Waals surface area contributed by atoms with Gasteiger partial charge in [0.1, 0.15) is 5.52 Å². The van der Waals surface area contributed by atoms with E-state index in [0.717, 1.165) is 71.1 Å². The standard InChI is InChI=1S/C25H25N5O/c1-2-15-30-21(23-19-12-6-7-13-20(19)27-25(26)24(23)28-30)14-8-11-18-16-22(31-29-18)17-9-4-3-5-10-17/h3-7,9-10,12-13,16H,2,8,11,14-15H2,1H3,(H2,26,27). The van der Waals surface area contributed by atoms with Crippen LogP contribution in [-0.4, -0.2) is 19.9 Å². The van der Waals surface area contributed by atoms with Crippen LogP contribution in [0, 0.1) is 0 Å².